The molecule has 0 radical (unpaired) electrons. The highest BCUT2D eigenvalue weighted by Gasteiger charge is 2.65. The molecule has 0 aliphatic carbocycles. The summed E-state index contributed by atoms with van der Waals surface area (Å²) in [6, 6.07) is 0.901. The lowest BCUT2D eigenvalue weighted by Gasteiger charge is -2.34. The van der Waals surface area contributed by atoms with E-state index in [1.54, 1.807) is 0 Å². The lowest BCUT2D eigenvalue weighted by molar-refractivity contribution is -0.174. The highest BCUT2D eigenvalue weighted by molar-refractivity contribution is 7.48. The Morgan fingerprint density at radius 2 is 1.64 bits per heavy atom. The number of carbonyl (C=O) groups excluding carboxylic acids is 3. The number of aromatic nitrogens is 2. The van der Waals surface area contributed by atoms with E-state index in [0.29, 0.717) is 4.57 Å². The number of nitrogens with one attached hydrogen (secondary N) is 1. The number of nitrogens with two attached hydrogens (primary N) is 1. The van der Waals surface area contributed by atoms with E-state index in [1.807, 2.05) is 4.98 Å². The van der Waals surface area contributed by atoms with Crippen molar-refractivity contribution in [2.24, 2.45) is 5.73 Å². The van der Waals surface area contributed by atoms with Gasteiger partial charge in [0.15, 0.2) is 17.9 Å². The third-order valence-corrected chi connectivity index (χ3v) is 6.80. The van der Waals surface area contributed by atoms with Gasteiger partial charge in [-0.15, -0.1) is 0 Å². The average Bonchev–Trinajstić information content (AvgIpc) is 3.13. The number of aromatic amines is 1. The molecule has 0 saturated carbocycles. The third kappa shape index (κ3) is 9.81. The molecule has 1 aliphatic rings. The van der Waals surface area contributed by atoms with E-state index < -0.39 is 107 Å². The smallest absolute Gasteiger partial charge is 0.455 e. The molecule has 2 rings (SSSR count). The van der Waals surface area contributed by atoms with E-state index in [9.17, 15) is 38.0 Å². The topological polar surface area (TPSA) is 252 Å². The number of esters is 1. The number of aliphatic hydroxyl groups is 1. The zero-order chi connectivity index (χ0) is 33.3. The van der Waals surface area contributed by atoms with Gasteiger partial charge in [-0.3, -0.25) is 23.7 Å². The van der Waals surface area contributed by atoms with Crippen LogP contribution in [0, 0.1) is 0 Å². The summed E-state index contributed by atoms with van der Waals surface area (Å²) in [6.07, 6.45) is -6.54. The van der Waals surface area contributed by atoms with Gasteiger partial charge in [-0.05, 0) is 34.6 Å². The van der Waals surface area contributed by atoms with Gasteiger partial charge in [0.2, 0.25) is 13.6 Å². The Morgan fingerprint density at radius 1 is 1.09 bits per heavy atom. The van der Waals surface area contributed by atoms with Crippen LogP contribution in [-0.2, 0) is 51.4 Å². The average molecular weight is 660 g/mol. The van der Waals surface area contributed by atoms with Crippen LogP contribution in [0.5, 0.6) is 0 Å². The summed E-state index contributed by atoms with van der Waals surface area (Å²) < 4.78 is 73.6. The van der Waals surface area contributed by atoms with E-state index in [2.05, 4.69) is 9.47 Å². The molecule has 1 fully saturated rings. The van der Waals surface area contributed by atoms with Crippen LogP contribution in [0.2, 0.25) is 0 Å². The van der Waals surface area contributed by atoms with Gasteiger partial charge in [0.25, 0.3) is 5.56 Å². The van der Waals surface area contributed by atoms with Crippen molar-refractivity contribution in [2.45, 2.75) is 70.4 Å². The van der Waals surface area contributed by atoms with E-state index in [1.165, 1.54) is 27.7 Å². The first-order valence-corrected chi connectivity index (χ1v) is 14.3. The van der Waals surface area contributed by atoms with Crippen molar-refractivity contribution in [2.75, 3.05) is 33.4 Å². The number of rotatable bonds is 15. The molecule has 44 heavy (non-hydrogen) atoms. The Morgan fingerprint density at radius 3 is 2.09 bits per heavy atom. The van der Waals surface area contributed by atoms with Crippen molar-refractivity contribution in [1.29, 1.82) is 0 Å². The molecule has 0 amide bonds. The number of hydrogen-bond donors (Lipinski definition) is 3. The number of phosphoric ester groups is 1. The van der Waals surface area contributed by atoms with E-state index >= 15 is 0 Å². The predicted molar refractivity (Wildman–Crippen MR) is 141 cm³/mol. The number of phosphoric acid groups is 1. The van der Waals surface area contributed by atoms with Crippen LogP contribution in [0.1, 0.15) is 40.8 Å². The molecule has 0 aromatic carbocycles. The molecule has 4 N–H and O–H groups in total. The number of halogens is 1. The molecular weight excluding hydrogens is 624 g/mol. The summed E-state index contributed by atoms with van der Waals surface area (Å²) in [4.78, 5) is 61.5. The van der Waals surface area contributed by atoms with Gasteiger partial charge in [0, 0.05) is 12.3 Å². The van der Waals surface area contributed by atoms with Crippen LogP contribution in [0.3, 0.4) is 0 Å². The molecule has 19 nitrogen and oxygen atoms in total. The number of ether oxygens (including phenoxy) is 6. The second-order valence-corrected chi connectivity index (χ2v) is 11.5. The van der Waals surface area contributed by atoms with Crippen molar-refractivity contribution in [1.82, 2.24) is 9.55 Å². The number of nitrogens with zero attached hydrogens (tertiary/aromatic N) is 1. The van der Waals surface area contributed by atoms with Crippen LogP contribution in [-0.4, -0.2) is 95.9 Å². The number of alkyl halides is 1. The fraction of sp³-hybridized carbons (Fsp3) is 0.696. The lowest BCUT2D eigenvalue weighted by Crippen LogP contribution is -2.56. The molecule has 250 valence electrons. The monoisotopic (exact) mass is 659 g/mol. The second kappa shape index (κ2) is 15.6. The number of hydrogen-bond acceptors (Lipinski definition) is 17. The highest BCUT2D eigenvalue weighted by Crippen LogP contribution is 2.53. The fourth-order valence-corrected chi connectivity index (χ4v) is 4.67. The minimum Gasteiger partial charge on any atom is -0.455 e. The van der Waals surface area contributed by atoms with Gasteiger partial charge < -0.3 is 39.3 Å². The molecule has 2 heterocycles. The van der Waals surface area contributed by atoms with E-state index in [0.717, 1.165) is 19.2 Å². The molecule has 1 saturated heterocycles. The molecule has 21 heteroatoms. The van der Waals surface area contributed by atoms with Crippen molar-refractivity contribution < 1.29 is 70.4 Å². The summed E-state index contributed by atoms with van der Waals surface area (Å²) >= 11 is 0. The van der Waals surface area contributed by atoms with Crippen LogP contribution < -0.4 is 17.0 Å². The Balaban J connectivity index is 2.39. The zero-order valence-electron chi connectivity index (χ0n) is 24.4. The zero-order valence-corrected chi connectivity index (χ0v) is 25.3. The van der Waals surface area contributed by atoms with Gasteiger partial charge in [-0.1, -0.05) is 0 Å². The Labute approximate surface area is 249 Å². The first-order chi connectivity index (χ1) is 20.5. The van der Waals surface area contributed by atoms with Crippen LogP contribution >= 0.6 is 7.82 Å². The Bertz CT molecular complexity index is 1280. The quantitative estimate of drug-likeness (QED) is 0.101. The maximum atomic E-state index is 14.9. The van der Waals surface area contributed by atoms with Gasteiger partial charge in [0.05, 0.1) is 25.4 Å². The van der Waals surface area contributed by atoms with Crippen LogP contribution in [0.25, 0.3) is 0 Å². The minimum absolute atomic E-state index is 0.588. The maximum absolute atomic E-state index is 14.9. The van der Waals surface area contributed by atoms with Crippen molar-refractivity contribution in [3.63, 3.8) is 0 Å². The predicted octanol–water partition coefficient (Wildman–Crippen LogP) is 0.591. The second-order valence-electron chi connectivity index (χ2n) is 9.82. The normalized spacial score (nSPS) is 23.4. The van der Waals surface area contributed by atoms with Gasteiger partial charge in [-0.25, -0.2) is 32.4 Å². The highest BCUT2D eigenvalue weighted by atomic mass is 31.2. The molecule has 0 bridgehead atoms. The maximum Gasteiger partial charge on any atom is 0.510 e. The van der Waals surface area contributed by atoms with Crippen LogP contribution in [0.4, 0.5) is 14.0 Å². The van der Waals surface area contributed by atoms with E-state index in [-0.39, 0.29) is 0 Å². The summed E-state index contributed by atoms with van der Waals surface area (Å²) in [5.74, 6) is -1.14. The van der Waals surface area contributed by atoms with Gasteiger partial charge >= 0.3 is 31.8 Å². The summed E-state index contributed by atoms with van der Waals surface area (Å²) in [7, 11) is -5.00. The molecule has 1 aromatic rings. The molecule has 1 unspecified atom stereocenters. The molecule has 0 spiro atoms. The van der Waals surface area contributed by atoms with Gasteiger partial charge in [-0.2, -0.15) is 0 Å². The SMILES string of the molecule is CC(C)OC(=O)OCOP(=O)(OCOC(=O)OC(C)C)OC[C@@]1(CF)O[C@@H](n2ccc(=O)[nH]c2=O)[C@](C)(O)C1OC(=O)CN. The standard InChI is InChI=1S/C23H35FN3O16P/c1-13(2)40-20(31)35-11-38-44(34,39-12-36-21(32)41-14(3)4)37-10-23(9-24)17(42-16(29)8-25)22(5,33)18(43-23)27-7-6-15(28)26-19(27)30/h6-7,13-14,17-18,33H,8-12,25H2,1-5H3,(H,26,28,30)/t17?,18-,22-,23-/m1/s1. The summed E-state index contributed by atoms with van der Waals surface area (Å²) in [5, 5.41) is 11.4. The largest absolute Gasteiger partial charge is 0.510 e. The number of carbonyl (C=O) groups is 3. The van der Waals surface area contributed by atoms with E-state index in [4.69, 9.17) is 38.3 Å². The summed E-state index contributed by atoms with van der Waals surface area (Å²) in [5.41, 5.74) is -1.53. The fourth-order valence-electron chi connectivity index (χ4n) is 3.70. The van der Waals surface area contributed by atoms with Gasteiger partial charge in [0.1, 0.15) is 12.3 Å². The van der Waals surface area contributed by atoms with Crippen molar-refractivity contribution >= 4 is 26.1 Å². The van der Waals surface area contributed by atoms with Crippen molar-refractivity contribution in [3.8, 4) is 0 Å². The van der Waals surface area contributed by atoms with Crippen LogP contribution in [0.15, 0.2) is 21.9 Å². The molecule has 1 aromatic heterocycles. The first kappa shape index (κ1) is 36.8. The molecule has 4 atom stereocenters. The molecule has 1 aliphatic heterocycles. The van der Waals surface area contributed by atoms with Crippen molar-refractivity contribution in [3.05, 3.63) is 33.1 Å². The molecular formula is C23H35FN3O16P. The number of H-pyrrole nitrogens is 1. The third-order valence-electron chi connectivity index (χ3n) is 5.51. The Kier molecular flexibility index (Phi) is 13.0. The Hall–Kier alpha value is -3.39. The lowest BCUT2D eigenvalue weighted by atomic mass is 9.88. The first-order valence-electron chi connectivity index (χ1n) is 12.9. The minimum atomic E-state index is -5.00. The summed E-state index contributed by atoms with van der Waals surface area (Å²) in [6.45, 7) is 1.33.